The molecule has 0 aliphatic heterocycles. The minimum Gasteiger partial charge on any atom is -0.478 e. The summed E-state index contributed by atoms with van der Waals surface area (Å²) in [5, 5.41) is 18.6. The van der Waals surface area contributed by atoms with Crippen LogP contribution in [0.15, 0.2) is 36.7 Å². The second kappa shape index (κ2) is 19.5. The Morgan fingerprint density at radius 2 is 1.38 bits per heavy atom. The molecule has 0 aliphatic rings. The van der Waals surface area contributed by atoms with Gasteiger partial charge in [0.25, 0.3) is 0 Å². The lowest BCUT2D eigenvalue weighted by Gasteiger charge is -2.23. The number of nitrogens with zero attached hydrogens (tertiary/aromatic N) is 3. The molecule has 2 aromatic rings. The Kier molecular flexibility index (Phi) is 16.9. The SMILES string of the molecule is CCCCCCCCN(CCCCCCCC)Cc1cccc(C(=O)O)c1.c1cn[nH]n1. The minimum atomic E-state index is -0.838. The zero-order valence-corrected chi connectivity index (χ0v) is 20.3. The van der Waals surface area contributed by atoms with Gasteiger partial charge in [0.05, 0.1) is 18.0 Å². The molecule has 2 N–H and O–H groups in total. The molecule has 32 heavy (non-hydrogen) atoms. The van der Waals surface area contributed by atoms with Crippen molar-refractivity contribution in [1.29, 1.82) is 0 Å². The van der Waals surface area contributed by atoms with Gasteiger partial charge in [-0.15, -0.1) is 0 Å². The summed E-state index contributed by atoms with van der Waals surface area (Å²) in [6.07, 6.45) is 19.0. The van der Waals surface area contributed by atoms with E-state index in [1.54, 1.807) is 18.5 Å². The summed E-state index contributed by atoms with van der Waals surface area (Å²) in [5.74, 6) is -0.838. The van der Waals surface area contributed by atoms with E-state index in [0.717, 1.165) is 25.2 Å². The second-order valence-corrected chi connectivity index (χ2v) is 8.47. The topological polar surface area (TPSA) is 82.1 Å². The summed E-state index contributed by atoms with van der Waals surface area (Å²) < 4.78 is 0. The fourth-order valence-corrected chi connectivity index (χ4v) is 3.73. The first-order valence-electron chi connectivity index (χ1n) is 12.5. The van der Waals surface area contributed by atoms with Gasteiger partial charge in [-0.3, -0.25) is 4.90 Å². The first-order chi connectivity index (χ1) is 15.7. The summed E-state index contributed by atoms with van der Waals surface area (Å²) in [7, 11) is 0. The standard InChI is InChI=1S/C24H41NO2.C2H3N3/c1-3-5-7-9-11-13-18-25(19-14-12-10-8-6-4-2)21-22-16-15-17-23(20-22)24(26)27;1-2-4-5-3-1/h15-17,20H,3-14,18-19,21H2,1-2H3,(H,26,27);1-2H,(H,3,4,5). The first-order valence-corrected chi connectivity index (χ1v) is 12.5. The molecular weight excluding hydrogens is 400 g/mol. The average molecular weight is 445 g/mol. The number of unbranched alkanes of at least 4 members (excludes halogenated alkanes) is 10. The number of rotatable bonds is 17. The van der Waals surface area contributed by atoms with Crippen LogP contribution in [0.4, 0.5) is 0 Å². The van der Waals surface area contributed by atoms with Crippen LogP contribution in [0.25, 0.3) is 0 Å². The Bertz CT molecular complexity index is 643. The van der Waals surface area contributed by atoms with Crippen LogP contribution >= 0.6 is 0 Å². The van der Waals surface area contributed by atoms with Crippen molar-refractivity contribution >= 4 is 5.97 Å². The molecule has 180 valence electrons. The quantitative estimate of drug-likeness (QED) is 0.265. The molecule has 1 aromatic carbocycles. The highest BCUT2D eigenvalue weighted by Gasteiger charge is 2.09. The van der Waals surface area contributed by atoms with Crippen molar-refractivity contribution in [2.75, 3.05) is 13.1 Å². The third-order valence-electron chi connectivity index (χ3n) is 5.57. The Balaban J connectivity index is 0.000000894. The molecule has 0 atom stereocenters. The number of benzene rings is 1. The summed E-state index contributed by atoms with van der Waals surface area (Å²) >= 11 is 0. The molecule has 0 amide bonds. The van der Waals surface area contributed by atoms with Crippen LogP contribution in [0.1, 0.15) is 107 Å². The van der Waals surface area contributed by atoms with Crippen molar-refractivity contribution < 1.29 is 9.90 Å². The smallest absolute Gasteiger partial charge is 0.335 e. The predicted octanol–water partition coefficient (Wildman–Crippen LogP) is 6.71. The van der Waals surface area contributed by atoms with E-state index in [9.17, 15) is 9.90 Å². The molecule has 0 bridgehead atoms. The lowest BCUT2D eigenvalue weighted by atomic mass is 10.1. The monoisotopic (exact) mass is 444 g/mol. The van der Waals surface area contributed by atoms with E-state index >= 15 is 0 Å². The van der Waals surface area contributed by atoms with E-state index < -0.39 is 5.97 Å². The van der Waals surface area contributed by atoms with Crippen molar-refractivity contribution in [1.82, 2.24) is 20.3 Å². The summed E-state index contributed by atoms with van der Waals surface area (Å²) in [4.78, 5) is 13.7. The molecule has 6 nitrogen and oxygen atoms in total. The molecule has 2 rings (SSSR count). The van der Waals surface area contributed by atoms with Crippen LogP contribution in [0.5, 0.6) is 0 Å². The highest BCUT2D eigenvalue weighted by molar-refractivity contribution is 5.87. The minimum absolute atomic E-state index is 0.395. The molecule has 1 heterocycles. The Morgan fingerprint density at radius 1 is 0.844 bits per heavy atom. The number of aromatic amines is 1. The zero-order valence-electron chi connectivity index (χ0n) is 20.3. The molecular formula is C26H44N4O2. The number of H-pyrrole nitrogens is 1. The number of hydrogen-bond donors (Lipinski definition) is 2. The maximum Gasteiger partial charge on any atom is 0.335 e. The normalized spacial score (nSPS) is 10.7. The van der Waals surface area contributed by atoms with Crippen molar-refractivity contribution in [3.63, 3.8) is 0 Å². The molecule has 0 unspecified atom stereocenters. The number of carboxylic acid groups (broad SMARTS) is 1. The fourth-order valence-electron chi connectivity index (χ4n) is 3.73. The van der Waals surface area contributed by atoms with Crippen molar-refractivity contribution in [2.45, 2.75) is 97.4 Å². The summed E-state index contributed by atoms with van der Waals surface area (Å²) in [5.41, 5.74) is 1.51. The van der Waals surface area contributed by atoms with Gasteiger partial charge in [-0.25, -0.2) is 4.79 Å². The van der Waals surface area contributed by atoms with Crippen LogP contribution < -0.4 is 0 Å². The average Bonchev–Trinajstić information content (AvgIpc) is 3.39. The Labute approximate surface area is 194 Å². The largest absolute Gasteiger partial charge is 0.478 e. The van der Waals surface area contributed by atoms with E-state index in [0.29, 0.717) is 5.56 Å². The molecule has 0 aliphatic carbocycles. The maximum absolute atomic E-state index is 11.2. The molecule has 0 saturated heterocycles. The predicted molar refractivity (Wildman–Crippen MR) is 132 cm³/mol. The van der Waals surface area contributed by atoms with Crippen LogP contribution in [0.3, 0.4) is 0 Å². The van der Waals surface area contributed by atoms with Gasteiger partial charge < -0.3 is 5.11 Å². The fraction of sp³-hybridized carbons (Fsp3) is 0.654. The summed E-state index contributed by atoms with van der Waals surface area (Å²) in [6.45, 7) is 7.63. The van der Waals surface area contributed by atoms with Gasteiger partial charge in [0.1, 0.15) is 0 Å². The van der Waals surface area contributed by atoms with Crippen molar-refractivity contribution in [2.24, 2.45) is 0 Å². The Hall–Kier alpha value is -2.21. The highest BCUT2D eigenvalue weighted by atomic mass is 16.4. The molecule has 0 fully saturated rings. The van der Waals surface area contributed by atoms with E-state index in [2.05, 4.69) is 40.2 Å². The van der Waals surface area contributed by atoms with Gasteiger partial charge in [-0.05, 0) is 43.6 Å². The number of nitrogens with one attached hydrogen (secondary N) is 1. The van der Waals surface area contributed by atoms with Crippen LogP contribution in [0.2, 0.25) is 0 Å². The zero-order chi connectivity index (χ0) is 23.3. The number of aromatic nitrogens is 3. The number of carboxylic acids is 1. The molecule has 0 radical (unpaired) electrons. The lowest BCUT2D eigenvalue weighted by Crippen LogP contribution is -2.26. The van der Waals surface area contributed by atoms with Gasteiger partial charge >= 0.3 is 5.97 Å². The molecule has 6 heteroatoms. The van der Waals surface area contributed by atoms with Crippen molar-refractivity contribution in [3.05, 3.63) is 47.8 Å². The third kappa shape index (κ3) is 14.7. The van der Waals surface area contributed by atoms with Gasteiger partial charge in [0.2, 0.25) is 0 Å². The number of aromatic carboxylic acids is 1. The maximum atomic E-state index is 11.2. The van der Waals surface area contributed by atoms with E-state index in [-0.39, 0.29) is 0 Å². The number of hydrogen-bond acceptors (Lipinski definition) is 4. The molecule has 0 saturated carbocycles. The molecule has 1 aromatic heterocycles. The first kappa shape index (κ1) is 27.8. The second-order valence-electron chi connectivity index (χ2n) is 8.47. The number of carbonyl (C=O) groups is 1. The van der Waals surface area contributed by atoms with E-state index in [1.807, 2.05) is 12.1 Å². The highest BCUT2D eigenvalue weighted by Crippen LogP contribution is 2.13. The van der Waals surface area contributed by atoms with Gasteiger partial charge in [0.15, 0.2) is 0 Å². The van der Waals surface area contributed by atoms with Gasteiger partial charge in [-0.1, -0.05) is 90.2 Å². The van der Waals surface area contributed by atoms with Crippen LogP contribution in [-0.4, -0.2) is 44.5 Å². The lowest BCUT2D eigenvalue weighted by molar-refractivity contribution is 0.0696. The van der Waals surface area contributed by atoms with E-state index in [1.165, 1.54) is 77.0 Å². The van der Waals surface area contributed by atoms with E-state index in [4.69, 9.17) is 0 Å². The Morgan fingerprint density at radius 3 is 1.84 bits per heavy atom. The summed E-state index contributed by atoms with van der Waals surface area (Å²) in [6, 6.07) is 7.43. The van der Waals surface area contributed by atoms with Gasteiger partial charge in [0, 0.05) is 6.54 Å². The third-order valence-corrected chi connectivity index (χ3v) is 5.57. The van der Waals surface area contributed by atoms with Crippen molar-refractivity contribution in [3.8, 4) is 0 Å². The van der Waals surface area contributed by atoms with Crippen LogP contribution in [0, 0.1) is 0 Å². The van der Waals surface area contributed by atoms with Crippen LogP contribution in [-0.2, 0) is 6.54 Å². The molecule has 0 spiro atoms. The van der Waals surface area contributed by atoms with Gasteiger partial charge in [-0.2, -0.15) is 15.4 Å².